The van der Waals surface area contributed by atoms with Gasteiger partial charge >= 0.3 is 0 Å². The molecule has 17 aromatic carbocycles. The number of aromatic nitrogens is 4. The highest BCUT2D eigenvalue weighted by atomic mass is 15.2. The van der Waals surface area contributed by atoms with Crippen LogP contribution in [0.15, 0.2) is 388 Å². The zero-order chi connectivity index (χ0) is 73.0. The van der Waals surface area contributed by atoms with Gasteiger partial charge in [0.05, 0.1) is 55.5 Å². The molecule has 0 unspecified atom stereocenters. The minimum atomic E-state index is -0.203. The summed E-state index contributed by atoms with van der Waals surface area (Å²) in [5.74, 6) is 0. The van der Waals surface area contributed by atoms with Gasteiger partial charge in [0, 0.05) is 123 Å². The molecule has 0 fully saturated rings. The Kier molecular flexibility index (Phi) is 12.8. The summed E-state index contributed by atoms with van der Waals surface area (Å²) < 4.78 is 10.0. The van der Waals surface area contributed by atoms with E-state index in [1.165, 1.54) is 86.9 Å². The molecule has 518 valence electrons. The highest BCUT2D eigenvalue weighted by molar-refractivity contribution is 7.03. The molecule has 0 atom stereocenters. The maximum atomic E-state index is 2.66. The minimum Gasteiger partial charge on any atom is -0.311 e. The molecule has 25 rings (SSSR count). The average molecular weight is 1420 g/mol. The Labute approximate surface area is 646 Å². The number of rotatable bonds is 8. The molecule has 0 bridgehead atoms. The van der Waals surface area contributed by atoms with E-state index < -0.39 is 0 Å². The normalized spacial score (nSPS) is 13.2. The molecule has 0 spiro atoms. The Morgan fingerprint density at radius 2 is 0.393 bits per heavy atom. The van der Waals surface area contributed by atoms with Crippen LogP contribution in [0.1, 0.15) is 0 Å². The maximum Gasteiger partial charge on any atom is 0.252 e. The Hall–Kier alpha value is -14.7. The third-order valence-corrected chi connectivity index (χ3v) is 24.6. The van der Waals surface area contributed by atoms with E-state index in [0.29, 0.717) is 0 Å². The van der Waals surface area contributed by atoms with E-state index in [1.807, 2.05) is 0 Å². The first kappa shape index (κ1) is 61.3. The van der Waals surface area contributed by atoms with Crippen LogP contribution in [0.25, 0.3) is 110 Å². The summed E-state index contributed by atoms with van der Waals surface area (Å²) in [5, 5.41) is 9.72. The summed E-state index contributed by atoms with van der Waals surface area (Å²) in [4.78, 5) is 10.3. The predicted octanol–water partition coefficient (Wildman–Crippen LogP) is 22.2. The third-order valence-electron chi connectivity index (χ3n) is 24.6. The average Bonchev–Trinajstić information content (AvgIpc) is 0.936. The van der Waals surface area contributed by atoms with E-state index >= 15 is 0 Å². The smallest absolute Gasteiger partial charge is 0.252 e. The van der Waals surface area contributed by atoms with Gasteiger partial charge < -0.3 is 37.9 Å². The molecule has 4 aliphatic rings. The molecule has 0 amide bonds. The molecule has 0 radical (unpaired) electrons. The summed E-state index contributed by atoms with van der Waals surface area (Å²) >= 11 is 0. The second-order valence-corrected chi connectivity index (χ2v) is 30.3. The van der Waals surface area contributed by atoms with Gasteiger partial charge in [0.15, 0.2) is 0 Å². The molecule has 112 heavy (non-hydrogen) atoms. The van der Waals surface area contributed by atoms with Crippen LogP contribution in [-0.4, -0.2) is 31.7 Å². The fourth-order valence-corrected chi connectivity index (χ4v) is 20.2. The molecular formula is C102H64B2N8. The zero-order valence-corrected chi connectivity index (χ0v) is 60.7. The lowest BCUT2D eigenvalue weighted by Crippen LogP contribution is -2.65. The van der Waals surface area contributed by atoms with Crippen molar-refractivity contribution in [3.05, 3.63) is 388 Å². The van der Waals surface area contributed by atoms with Gasteiger partial charge in [0.25, 0.3) is 13.4 Å². The number of benzene rings is 17. The van der Waals surface area contributed by atoms with E-state index in [9.17, 15) is 0 Å². The van der Waals surface area contributed by atoms with Gasteiger partial charge in [0.1, 0.15) is 0 Å². The third kappa shape index (κ3) is 8.52. The van der Waals surface area contributed by atoms with Crippen molar-refractivity contribution in [1.82, 2.24) is 18.3 Å². The van der Waals surface area contributed by atoms with Crippen LogP contribution in [0.2, 0.25) is 0 Å². The topological polar surface area (TPSA) is 32.7 Å². The van der Waals surface area contributed by atoms with Gasteiger partial charge in [0.2, 0.25) is 0 Å². The largest absolute Gasteiger partial charge is 0.311 e. The van der Waals surface area contributed by atoms with Crippen molar-refractivity contribution >= 4 is 202 Å². The predicted molar refractivity (Wildman–Crippen MR) is 472 cm³/mol. The van der Waals surface area contributed by atoms with Crippen LogP contribution < -0.4 is 52.4 Å². The Balaban J connectivity index is 0.789. The molecule has 4 aromatic heterocycles. The Morgan fingerprint density at radius 1 is 0.143 bits per heavy atom. The lowest BCUT2D eigenvalue weighted by molar-refractivity contribution is 1.15. The van der Waals surface area contributed by atoms with Gasteiger partial charge in [-0.05, 0) is 197 Å². The molecule has 4 aliphatic heterocycles. The second-order valence-electron chi connectivity index (χ2n) is 30.3. The first-order valence-electron chi connectivity index (χ1n) is 38.8. The number of para-hydroxylation sites is 12. The first-order valence-corrected chi connectivity index (χ1v) is 38.8. The molecule has 0 saturated carbocycles. The molecule has 0 saturated heterocycles. The van der Waals surface area contributed by atoms with Crippen LogP contribution in [0.5, 0.6) is 0 Å². The number of hydrogen-bond donors (Lipinski definition) is 0. The van der Waals surface area contributed by atoms with Crippen molar-refractivity contribution in [3.63, 3.8) is 0 Å². The standard InChI is InChI=1S/C102H64B2N8/c1-7-31-65(32-8-1)105-85-49-25-19-43-73(85)77-59-79-75-45-21-27-51-87(75)111(93(79)62-91(77)105)71-55-97-101-99(57-71)109(69-39-15-5-16-40-69)95-64-96-84(61-83(95)103(101)81-47-23-29-53-89(81)107(97)67-35-11-3-12-36-67)104-82-48-24-30-54-90(82)108(68-37-13-4-14-38-68)98-56-72(58-100(102(98)104)110(96)70-41-17-6-18-42-70)112-88-52-28-22-46-76(88)80-60-78-74-44-20-26-50-86(74)106(92(78)63-94(80)112)66-33-9-2-10-34-66/h1-64H. The second kappa shape index (κ2) is 23.4. The first-order chi connectivity index (χ1) is 55.6. The van der Waals surface area contributed by atoms with Crippen LogP contribution in [0.4, 0.5) is 68.2 Å². The Bertz CT molecular complexity index is 7090. The van der Waals surface area contributed by atoms with Gasteiger partial charge in [-0.2, -0.15) is 0 Å². The van der Waals surface area contributed by atoms with Gasteiger partial charge in [-0.1, -0.05) is 224 Å². The van der Waals surface area contributed by atoms with E-state index in [-0.39, 0.29) is 13.4 Å². The molecule has 0 aliphatic carbocycles. The van der Waals surface area contributed by atoms with Crippen molar-refractivity contribution in [2.24, 2.45) is 0 Å². The fourth-order valence-electron chi connectivity index (χ4n) is 20.2. The minimum absolute atomic E-state index is 0.203. The summed E-state index contributed by atoms with van der Waals surface area (Å²) in [6.07, 6.45) is 0. The molecule has 8 heterocycles. The quantitative estimate of drug-likeness (QED) is 0.142. The summed E-state index contributed by atoms with van der Waals surface area (Å²) in [7, 11) is 0. The Morgan fingerprint density at radius 3 is 0.705 bits per heavy atom. The van der Waals surface area contributed by atoms with Crippen molar-refractivity contribution < 1.29 is 0 Å². The summed E-state index contributed by atoms with van der Waals surface area (Å²) in [6.45, 7) is -0.407. The number of hydrogen-bond acceptors (Lipinski definition) is 4. The highest BCUT2D eigenvalue weighted by Gasteiger charge is 2.49. The molecule has 0 N–H and O–H groups in total. The molecule has 8 nitrogen and oxygen atoms in total. The molecule has 10 heteroatoms. The van der Waals surface area contributed by atoms with Gasteiger partial charge in [-0.25, -0.2) is 0 Å². The van der Waals surface area contributed by atoms with Crippen LogP contribution >= 0.6 is 0 Å². The van der Waals surface area contributed by atoms with E-state index in [2.05, 4.69) is 426 Å². The number of fused-ring (bicyclic) bond motifs is 20. The van der Waals surface area contributed by atoms with Crippen molar-refractivity contribution in [3.8, 4) is 22.7 Å². The van der Waals surface area contributed by atoms with Crippen LogP contribution in [0.3, 0.4) is 0 Å². The van der Waals surface area contributed by atoms with E-state index in [1.54, 1.807) is 0 Å². The monoisotopic (exact) mass is 1420 g/mol. The maximum absolute atomic E-state index is 2.66. The van der Waals surface area contributed by atoms with Crippen molar-refractivity contribution in [1.29, 1.82) is 0 Å². The van der Waals surface area contributed by atoms with E-state index in [4.69, 9.17) is 0 Å². The summed E-state index contributed by atoms with van der Waals surface area (Å²) in [6, 6.07) is 146. The summed E-state index contributed by atoms with van der Waals surface area (Å²) in [5.41, 5.74) is 34.5. The zero-order valence-electron chi connectivity index (χ0n) is 60.7. The number of anilines is 12. The van der Waals surface area contributed by atoms with Crippen LogP contribution in [0, 0.1) is 0 Å². The fraction of sp³-hybridized carbons (Fsp3) is 0. The van der Waals surface area contributed by atoms with Gasteiger partial charge in [-0.3, -0.25) is 0 Å². The van der Waals surface area contributed by atoms with Gasteiger partial charge in [-0.15, -0.1) is 0 Å². The lowest BCUT2D eigenvalue weighted by atomic mass is 9.30. The van der Waals surface area contributed by atoms with Crippen LogP contribution in [-0.2, 0) is 0 Å². The SMILES string of the molecule is c1ccc(N2c3ccccc3B3c4cc5c(cc4N(c4ccccc4)c4cc(-n6c7ccccc7c7cc8c9ccccc9n(-c9ccccc9)c8cc76)cc2c43)N(c2ccccc2)c2cc(-n3c4ccccc4c4cc6c7ccccc7n(-c7ccccc7)c6cc43)cc3c2B5c2ccccc2N3c2ccccc2)cc1. The van der Waals surface area contributed by atoms with Crippen molar-refractivity contribution in [2.75, 3.05) is 19.6 Å². The van der Waals surface area contributed by atoms with Crippen molar-refractivity contribution in [2.45, 2.75) is 0 Å². The molecule has 21 aromatic rings. The highest BCUT2D eigenvalue weighted by Crippen LogP contribution is 2.52. The lowest BCUT2D eigenvalue weighted by Gasteiger charge is -2.47. The number of nitrogens with zero attached hydrogens (tertiary/aromatic N) is 8. The molecular weight excluding hydrogens is 1360 g/mol. The van der Waals surface area contributed by atoms with E-state index in [0.717, 1.165) is 124 Å².